The van der Waals surface area contributed by atoms with Gasteiger partial charge in [-0.2, -0.15) is 0 Å². The largest absolute Gasteiger partial charge is 0.491 e. The number of ether oxygens (including phenoxy) is 3. The second-order valence-electron chi connectivity index (χ2n) is 7.76. The van der Waals surface area contributed by atoms with Gasteiger partial charge >= 0.3 is 5.97 Å². The molecule has 35 heavy (non-hydrogen) atoms. The Morgan fingerprint density at radius 3 is 2.91 bits per heavy atom. The van der Waals surface area contributed by atoms with Crippen LogP contribution in [0.1, 0.15) is 18.1 Å². The first-order valence-corrected chi connectivity index (χ1v) is 11.0. The van der Waals surface area contributed by atoms with Crippen LogP contribution in [0, 0.1) is 6.92 Å². The molecular formula is C25H25N3O7. The number of fused-ring (bicyclic) bond motifs is 1. The molecule has 0 aliphatic carbocycles. The first-order valence-electron chi connectivity index (χ1n) is 11.0. The minimum atomic E-state index is -0.985. The molecule has 0 saturated heterocycles. The number of ketones is 1. The van der Waals surface area contributed by atoms with Gasteiger partial charge in [0.25, 0.3) is 0 Å². The van der Waals surface area contributed by atoms with Crippen molar-refractivity contribution in [3.63, 3.8) is 0 Å². The molecule has 10 heteroatoms. The van der Waals surface area contributed by atoms with Crippen LogP contribution in [0.2, 0.25) is 0 Å². The highest BCUT2D eigenvalue weighted by atomic mass is 16.5. The van der Waals surface area contributed by atoms with Crippen molar-refractivity contribution in [1.82, 2.24) is 9.97 Å². The predicted octanol–water partition coefficient (Wildman–Crippen LogP) is 2.43. The van der Waals surface area contributed by atoms with Gasteiger partial charge < -0.3 is 34.7 Å². The zero-order valence-electron chi connectivity index (χ0n) is 19.2. The molecule has 0 bridgehead atoms. The number of carbonyl (C=O) groups excluding carboxylic acids is 2. The number of pyridine rings is 1. The minimum absolute atomic E-state index is 0.0316. The summed E-state index contributed by atoms with van der Waals surface area (Å²) in [5.41, 5.74) is 2.41. The lowest BCUT2D eigenvalue weighted by molar-refractivity contribution is -0.139. The first-order chi connectivity index (χ1) is 16.9. The monoisotopic (exact) mass is 479 g/mol. The highest BCUT2D eigenvalue weighted by Gasteiger charge is 2.37. The number of aromatic nitrogens is 2. The third-order valence-electron chi connectivity index (χ3n) is 5.24. The first kappa shape index (κ1) is 24.0. The Morgan fingerprint density at radius 1 is 1.34 bits per heavy atom. The number of aliphatic hydroxyl groups is 2. The number of allylic oxidation sites excluding steroid dienone is 1. The molecule has 0 fully saturated rings. The van der Waals surface area contributed by atoms with Crippen molar-refractivity contribution in [3.8, 4) is 5.75 Å². The van der Waals surface area contributed by atoms with Crippen LogP contribution >= 0.6 is 0 Å². The average Bonchev–Trinajstić information content (AvgIpc) is 3.40. The molecule has 1 unspecified atom stereocenters. The number of anilines is 1. The van der Waals surface area contributed by atoms with Gasteiger partial charge in [0.1, 0.15) is 24.1 Å². The van der Waals surface area contributed by atoms with Gasteiger partial charge in [0.15, 0.2) is 11.3 Å². The zero-order valence-corrected chi connectivity index (χ0v) is 19.2. The number of hydrogen-bond acceptors (Lipinski definition) is 9. The lowest BCUT2D eigenvalue weighted by Crippen LogP contribution is -2.21. The summed E-state index contributed by atoms with van der Waals surface area (Å²) in [6.45, 7) is 3.09. The third-order valence-corrected chi connectivity index (χ3v) is 5.24. The van der Waals surface area contributed by atoms with E-state index >= 15 is 0 Å². The normalized spacial score (nSPS) is 15.4. The van der Waals surface area contributed by atoms with Gasteiger partial charge in [0, 0.05) is 29.0 Å². The van der Waals surface area contributed by atoms with E-state index < -0.39 is 24.5 Å². The highest BCUT2D eigenvalue weighted by Crippen LogP contribution is 2.31. The number of benzene rings is 1. The van der Waals surface area contributed by atoms with Crippen molar-refractivity contribution in [3.05, 3.63) is 71.1 Å². The van der Waals surface area contributed by atoms with Crippen molar-refractivity contribution >= 4 is 34.5 Å². The molecule has 182 valence electrons. The Morgan fingerprint density at radius 2 is 2.17 bits per heavy atom. The van der Waals surface area contributed by atoms with Gasteiger partial charge in [0.2, 0.25) is 11.7 Å². The molecule has 1 aliphatic rings. The number of nitrogens with one attached hydrogen (secondary N) is 2. The molecule has 0 amide bonds. The van der Waals surface area contributed by atoms with E-state index in [0.29, 0.717) is 22.6 Å². The Kier molecular flexibility index (Phi) is 7.14. The molecular weight excluding hydrogens is 454 g/mol. The topological polar surface area (TPSA) is 143 Å². The van der Waals surface area contributed by atoms with Crippen molar-refractivity contribution in [2.24, 2.45) is 0 Å². The number of esters is 1. The van der Waals surface area contributed by atoms with Crippen molar-refractivity contribution in [2.75, 3.05) is 25.1 Å². The maximum absolute atomic E-state index is 13.1. The molecule has 1 aliphatic heterocycles. The quantitative estimate of drug-likeness (QED) is 0.207. The number of aryl methyl sites for hydroxylation is 1. The number of nitrogens with zero attached hydrogens (tertiary/aromatic N) is 1. The standard InChI is InChI=1S/C25H25N3O7/c1-3-33-25(32)21-22(31)20(10-15-11-27-23-18(15)5-4-8-26-23)35-24(21)28-19-7-6-17(9-14(19)2)34-13-16(30)12-29/h4-11,16,28-30H,3,12-13H2,1-2H3,(H,26,27)/b20-10-. The third kappa shape index (κ3) is 5.18. The SMILES string of the molecule is CCOC(=O)C1=C(Nc2ccc(OCC(O)CO)cc2C)O/C(=C\c2c[nH]c3ncccc23)C1=O. The fourth-order valence-electron chi connectivity index (χ4n) is 3.48. The molecule has 2 aromatic heterocycles. The summed E-state index contributed by atoms with van der Waals surface area (Å²) in [5, 5.41) is 22.2. The Bertz CT molecular complexity index is 1330. The van der Waals surface area contributed by atoms with Crippen LogP contribution in [-0.2, 0) is 19.1 Å². The molecule has 10 nitrogen and oxygen atoms in total. The second kappa shape index (κ2) is 10.4. The summed E-state index contributed by atoms with van der Waals surface area (Å²) in [4.78, 5) is 33.0. The molecule has 1 aromatic carbocycles. The Hall–Kier alpha value is -4.15. The van der Waals surface area contributed by atoms with Crippen LogP contribution in [0.3, 0.4) is 0 Å². The van der Waals surface area contributed by atoms with Gasteiger partial charge in [-0.1, -0.05) is 0 Å². The van der Waals surface area contributed by atoms with Crippen LogP contribution < -0.4 is 10.1 Å². The van der Waals surface area contributed by atoms with E-state index in [2.05, 4.69) is 15.3 Å². The maximum atomic E-state index is 13.1. The predicted molar refractivity (Wildman–Crippen MR) is 127 cm³/mol. The van der Waals surface area contributed by atoms with E-state index in [0.717, 1.165) is 10.9 Å². The lowest BCUT2D eigenvalue weighted by atomic mass is 10.1. The van der Waals surface area contributed by atoms with E-state index in [4.69, 9.17) is 19.3 Å². The minimum Gasteiger partial charge on any atom is -0.491 e. The van der Waals surface area contributed by atoms with E-state index in [1.54, 1.807) is 56.6 Å². The van der Waals surface area contributed by atoms with Gasteiger partial charge in [-0.25, -0.2) is 9.78 Å². The Balaban J connectivity index is 1.61. The zero-order chi connectivity index (χ0) is 24.9. The van der Waals surface area contributed by atoms with E-state index in [1.807, 2.05) is 6.07 Å². The highest BCUT2D eigenvalue weighted by molar-refractivity contribution is 6.26. The number of hydrogen-bond donors (Lipinski definition) is 4. The van der Waals surface area contributed by atoms with Gasteiger partial charge in [-0.05, 0) is 55.8 Å². The lowest BCUT2D eigenvalue weighted by Gasteiger charge is -2.14. The Labute approximate surface area is 200 Å². The molecule has 0 saturated carbocycles. The number of aromatic amines is 1. The van der Waals surface area contributed by atoms with Crippen molar-refractivity contribution < 1.29 is 34.0 Å². The fourth-order valence-corrected chi connectivity index (χ4v) is 3.48. The number of aliphatic hydroxyl groups excluding tert-OH is 2. The van der Waals surface area contributed by atoms with Crippen molar-refractivity contribution in [1.29, 1.82) is 0 Å². The van der Waals surface area contributed by atoms with Crippen LogP contribution in [0.4, 0.5) is 5.69 Å². The van der Waals surface area contributed by atoms with Gasteiger partial charge in [-0.15, -0.1) is 0 Å². The summed E-state index contributed by atoms with van der Waals surface area (Å²) >= 11 is 0. The van der Waals surface area contributed by atoms with Crippen LogP contribution in [0.5, 0.6) is 5.75 Å². The second-order valence-corrected chi connectivity index (χ2v) is 7.76. The number of rotatable bonds is 9. The smallest absolute Gasteiger partial charge is 0.347 e. The average molecular weight is 479 g/mol. The molecule has 4 N–H and O–H groups in total. The molecule has 0 radical (unpaired) electrons. The molecule has 1 atom stereocenters. The number of Topliss-reactive ketones (excluding diaryl/α,β-unsaturated/α-hetero) is 1. The summed E-state index contributed by atoms with van der Waals surface area (Å²) < 4.78 is 16.4. The van der Waals surface area contributed by atoms with Crippen molar-refractivity contribution in [2.45, 2.75) is 20.0 Å². The van der Waals surface area contributed by atoms with Crippen LogP contribution in [0.25, 0.3) is 17.1 Å². The molecule has 4 rings (SSSR count). The molecule has 3 heterocycles. The summed E-state index contributed by atoms with van der Waals surface area (Å²) in [7, 11) is 0. The molecule has 0 spiro atoms. The van der Waals surface area contributed by atoms with Gasteiger partial charge in [0.05, 0.1) is 13.2 Å². The van der Waals surface area contributed by atoms with Crippen LogP contribution in [-0.4, -0.2) is 57.9 Å². The number of carbonyl (C=O) groups is 2. The maximum Gasteiger partial charge on any atom is 0.347 e. The summed E-state index contributed by atoms with van der Waals surface area (Å²) in [6, 6.07) is 8.69. The van der Waals surface area contributed by atoms with E-state index in [-0.39, 0.29) is 30.4 Å². The summed E-state index contributed by atoms with van der Waals surface area (Å²) in [6.07, 6.45) is 3.92. The fraction of sp³-hybridized carbons (Fsp3) is 0.240. The van der Waals surface area contributed by atoms with E-state index in [9.17, 15) is 14.7 Å². The van der Waals surface area contributed by atoms with Gasteiger partial charge in [-0.3, -0.25) is 4.79 Å². The molecule has 3 aromatic rings. The summed E-state index contributed by atoms with van der Waals surface area (Å²) in [5.74, 6) is -0.975. The van der Waals surface area contributed by atoms with Crippen LogP contribution in [0.15, 0.2) is 59.9 Å². The van der Waals surface area contributed by atoms with E-state index in [1.165, 1.54) is 0 Å². The number of H-pyrrole nitrogens is 1.